The summed E-state index contributed by atoms with van der Waals surface area (Å²) in [6, 6.07) is 0.128. The second-order valence-corrected chi connectivity index (χ2v) is 7.95. The molecule has 0 radical (unpaired) electrons. The maximum atomic E-state index is 12.2. The molecule has 3 N–H and O–H groups in total. The smallest absolute Gasteiger partial charge is 0.315 e. The number of rotatable bonds is 5. The minimum absolute atomic E-state index is 0.0573. The zero-order chi connectivity index (χ0) is 15.8. The first-order valence-corrected chi connectivity index (χ1v) is 8.81. The molecular weight excluding hydrogens is 280 g/mol. The highest BCUT2D eigenvalue weighted by atomic mass is 16.5. The SMILES string of the molecule is CC(C)C(O)C1(CNC(=O)NC2CCOC3(CCC3)C2)CC1. The van der Waals surface area contributed by atoms with Crippen molar-refractivity contribution in [1.82, 2.24) is 10.6 Å². The molecule has 2 amide bonds. The molecule has 2 aliphatic carbocycles. The number of ether oxygens (including phenoxy) is 1. The number of carbonyl (C=O) groups is 1. The fourth-order valence-corrected chi connectivity index (χ4v) is 4.01. The van der Waals surface area contributed by atoms with Crippen LogP contribution in [0.3, 0.4) is 0 Å². The molecule has 1 aliphatic heterocycles. The minimum atomic E-state index is -0.325. The molecule has 3 rings (SSSR count). The van der Waals surface area contributed by atoms with E-state index >= 15 is 0 Å². The predicted molar refractivity (Wildman–Crippen MR) is 84.6 cm³/mol. The maximum Gasteiger partial charge on any atom is 0.315 e. The van der Waals surface area contributed by atoms with Crippen molar-refractivity contribution in [3.63, 3.8) is 0 Å². The molecule has 5 nitrogen and oxygen atoms in total. The van der Waals surface area contributed by atoms with Crippen LogP contribution in [0, 0.1) is 11.3 Å². The van der Waals surface area contributed by atoms with Gasteiger partial charge in [-0.1, -0.05) is 13.8 Å². The van der Waals surface area contributed by atoms with Gasteiger partial charge in [0.1, 0.15) is 0 Å². The topological polar surface area (TPSA) is 70.6 Å². The molecule has 0 bridgehead atoms. The molecule has 2 unspecified atom stereocenters. The van der Waals surface area contributed by atoms with E-state index in [0.717, 1.165) is 45.1 Å². The average Bonchev–Trinajstić information content (AvgIpc) is 3.24. The van der Waals surface area contributed by atoms with E-state index in [-0.39, 0.29) is 35.1 Å². The van der Waals surface area contributed by atoms with Crippen LogP contribution in [0.5, 0.6) is 0 Å². The van der Waals surface area contributed by atoms with E-state index in [1.54, 1.807) is 0 Å². The van der Waals surface area contributed by atoms with Gasteiger partial charge in [0.05, 0.1) is 11.7 Å². The number of nitrogens with one attached hydrogen (secondary N) is 2. The molecule has 0 aromatic carbocycles. The first-order valence-electron chi connectivity index (χ1n) is 8.81. The predicted octanol–water partition coefficient (Wildman–Crippen LogP) is 2.18. The Labute approximate surface area is 133 Å². The van der Waals surface area contributed by atoms with E-state index < -0.39 is 0 Å². The standard InChI is InChI=1S/C17H30N2O3/c1-12(2)14(20)16(7-8-16)11-18-15(21)19-13-4-9-22-17(10-13)5-3-6-17/h12-14,20H,3-11H2,1-2H3,(H2,18,19,21). The maximum absolute atomic E-state index is 12.2. The molecule has 0 aromatic rings. The Balaban J connectivity index is 1.43. The number of hydrogen-bond acceptors (Lipinski definition) is 3. The van der Waals surface area contributed by atoms with E-state index in [1.807, 2.05) is 13.8 Å². The van der Waals surface area contributed by atoms with Crippen LogP contribution in [0.15, 0.2) is 0 Å². The van der Waals surface area contributed by atoms with Crippen LogP contribution in [0.4, 0.5) is 4.79 Å². The van der Waals surface area contributed by atoms with E-state index in [2.05, 4.69) is 10.6 Å². The van der Waals surface area contributed by atoms with Crippen molar-refractivity contribution in [2.45, 2.75) is 76.5 Å². The average molecular weight is 310 g/mol. The fourth-order valence-electron chi connectivity index (χ4n) is 4.01. The lowest BCUT2D eigenvalue weighted by Crippen LogP contribution is -2.54. The van der Waals surface area contributed by atoms with Crippen LogP contribution in [0.1, 0.15) is 58.8 Å². The second-order valence-electron chi connectivity index (χ2n) is 7.95. The van der Waals surface area contributed by atoms with Crippen LogP contribution in [-0.2, 0) is 4.74 Å². The van der Waals surface area contributed by atoms with Crippen LogP contribution in [0.25, 0.3) is 0 Å². The lowest BCUT2D eigenvalue weighted by Gasteiger charge is -2.47. The number of hydrogen-bond donors (Lipinski definition) is 3. The van der Waals surface area contributed by atoms with Crippen LogP contribution >= 0.6 is 0 Å². The molecule has 126 valence electrons. The lowest BCUT2D eigenvalue weighted by atomic mass is 9.74. The highest BCUT2D eigenvalue weighted by Gasteiger charge is 2.50. The normalized spacial score (nSPS) is 29.7. The molecule has 1 heterocycles. The summed E-state index contributed by atoms with van der Waals surface area (Å²) in [5.41, 5.74) is -0.0296. The Morgan fingerprint density at radius 2 is 2.05 bits per heavy atom. The van der Waals surface area contributed by atoms with Gasteiger partial charge in [0, 0.05) is 24.6 Å². The lowest BCUT2D eigenvalue weighted by molar-refractivity contribution is -0.134. The third-order valence-corrected chi connectivity index (χ3v) is 5.85. The third-order valence-electron chi connectivity index (χ3n) is 5.85. The van der Waals surface area contributed by atoms with Crippen molar-refractivity contribution in [3.05, 3.63) is 0 Å². The number of urea groups is 1. The van der Waals surface area contributed by atoms with Gasteiger partial charge in [-0.25, -0.2) is 4.79 Å². The Kier molecular flexibility index (Phi) is 4.38. The Morgan fingerprint density at radius 1 is 1.32 bits per heavy atom. The summed E-state index contributed by atoms with van der Waals surface area (Å²) < 4.78 is 5.89. The van der Waals surface area contributed by atoms with Gasteiger partial charge in [0.25, 0.3) is 0 Å². The zero-order valence-corrected chi connectivity index (χ0v) is 13.9. The molecule has 1 spiro atoms. The van der Waals surface area contributed by atoms with Crippen molar-refractivity contribution in [3.8, 4) is 0 Å². The summed E-state index contributed by atoms with van der Waals surface area (Å²) in [5.74, 6) is 0.237. The fraction of sp³-hybridized carbons (Fsp3) is 0.941. The van der Waals surface area contributed by atoms with Gasteiger partial charge in [0.2, 0.25) is 0 Å². The molecule has 5 heteroatoms. The van der Waals surface area contributed by atoms with Crippen molar-refractivity contribution in [1.29, 1.82) is 0 Å². The van der Waals surface area contributed by atoms with Crippen molar-refractivity contribution >= 4 is 6.03 Å². The molecule has 0 aromatic heterocycles. The highest BCUT2D eigenvalue weighted by molar-refractivity contribution is 5.74. The van der Waals surface area contributed by atoms with Crippen molar-refractivity contribution < 1.29 is 14.6 Å². The molecule has 2 saturated carbocycles. The molecule has 22 heavy (non-hydrogen) atoms. The summed E-state index contributed by atoms with van der Waals surface area (Å²) in [7, 11) is 0. The summed E-state index contributed by atoms with van der Waals surface area (Å²) in [6.45, 7) is 5.39. The number of carbonyl (C=O) groups excluding carboxylic acids is 1. The van der Waals surface area contributed by atoms with Gasteiger partial charge in [-0.15, -0.1) is 0 Å². The van der Waals surface area contributed by atoms with Crippen LogP contribution in [-0.4, -0.2) is 42.0 Å². The largest absolute Gasteiger partial charge is 0.392 e. The van der Waals surface area contributed by atoms with Crippen molar-refractivity contribution in [2.75, 3.05) is 13.2 Å². The van der Waals surface area contributed by atoms with Crippen molar-refractivity contribution in [2.24, 2.45) is 11.3 Å². The zero-order valence-electron chi connectivity index (χ0n) is 13.9. The first kappa shape index (κ1) is 16.1. The number of amides is 2. The van der Waals surface area contributed by atoms with Gasteiger partial charge in [0.15, 0.2) is 0 Å². The Morgan fingerprint density at radius 3 is 2.59 bits per heavy atom. The monoisotopic (exact) mass is 310 g/mol. The van der Waals surface area contributed by atoms with E-state index in [0.29, 0.717) is 6.54 Å². The molecular formula is C17H30N2O3. The minimum Gasteiger partial charge on any atom is -0.392 e. The van der Waals surface area contributed by atoms with Gasteiger partial charge in [-0.05, 0) is 50.9 Å². The molecule has 3 fully saturated rings. The second kappa shape index (κ2) is 6.00. The number of aliphatic hydroxyl groups excluding tert-OH is 1. The van der Waals surface area contributed by atoms with Gasteiger partial charge in [-0.2, -0.15) is 0 Å². The van der Waals surface area contributed by atoms with Gasteiger partial charge in [-0.3, -0.25) is 0 Å². The quantitative estimate of drug-likeness (QED) is 0.729. The summed E-state index contributed by atoms with van der Waals surface area (Å²) in [5, 5.41) is 16.4. The van der Waals surface area contributed by atoms with Crippen LogP contribution < -0.4 is 10.6 Å². The highest BCUT2D eigenvalue weighted by Crippen LogP contribution is 2.50. The van der Waals surface area contributed by atoms with E-state index in [4.69, 9.17) is 4.74 Å². The summed E-state index contributed by atoms with van der Waals surface area (Å²) >= 11 is 0. The van der Waals surface area contributed by atoms with Gasteiger partial charge >= 0.3 is 6.03 Å². The Hall–Kier alpha value is -0.810. The number of aliphatic hydroxyl groups is 1. The molecule has 1 saturated heterocycles. The summed E-state index contributed by atoms with van der Waals surface area (Å²) in [4.78, 5) is 12.2. The van der Waals surface area contributed by atoms with Crippen LogP contribution in [0.2, 0.25) is 0 Å². The Bertz CT molecular complexity index is 416. The van der Waals surface area contributed by atoms with Gasteiger partial charge < -0.3 is 20.5 Å². The van der Waals surface area contributed by atoms with E-state index in [1.165, 1.54) is 6.42 Å². The third kappa shape index (κ3) is 3.25. The first-order chi connectivity index (χ1) is 10.4. The van der Waals surface area contributed by atoms with E-state index in [9.17, 15) is 9.90 Å². The molecule has 2 atom stereocenters. The molecule has 3 aliphatic rings. The summed E-state index contributed by atoms with van der Waals surface area (Å²) in [6.07, 6.45) is 7.05.